The summed E-state index contributed by atoms with van der Waals surface area (Å²) in [5.74, 6) is 0.357. The van der Waals surface area contributed by atoms with Crippen molar-refractivity contribution in [1.29, 1.82) is 0 Å². The van der Waals surface area contributed by atoms with Crippen LogP contribution in [0.3, 0.4) is 0 Å². The summed E-state index contributed by atoms with van der Waals surface area (Å²) in [6, 6.07) is 0. The van der Waals surface area contributed by atoms with Crippen LogP contribution >= 0.6 is 0 Å². The summed E-state index contributed by atoms with van der Waals surface area (Å²) in [7, 11) is 0. The fourth-order valence-corrected chi connectivity index (χ4v) is 1.92. The minimum Gasteiger partial charge on any atom is -0.390 e. The van der Waals surface area contributed by atoms with Gasteiger partial charge in [0.2, 0.25) is 0 Å². The van der Waals surface area contributed by atoms with E-state index in [1.807, 2.05) is 20.8 Å². The molecular weight excluding hydrogens is 156 g/mol. The Morgan fingerprint density at radius 3 is 1.25 bits per heavy atom. The molecule has 0 aromatic carbocycles. The Hall–Kier alpha value is -0.120. The van der Waals surface area contributed by atoms with Crippen LogP contribution in [0.1, 0.15) is 20.8 Å². The van der Waals surface area contributed by atoms with E-state index in [2.05, 4.69) is 0 Å². The predicted molar refractivity (Wildman–Crippen MR) is 45.5 cm³/mol. The topological polar surface area (TPSA) is 60.7 Å². The lowest BCUT2D eigenvalue weighted by atomic mass is 9.70. The minimum atomic E-state index is -0.980. The SMILES string of the molecule is CC1C(C)C(O)C(O)C(O)C1C. The Morgan fingerprint density at radius 2 is 0.917 bits per heavy atom. The standard InChI is InChI=1S/C9H18O3/c1-4-5(2)7(10)9(12)8(11)6(4)3/h4-12H,1-3H3. The molecule has 1 aliphatic rings. The molecule has 3 heteroatoms. The molecule has 12 heavy (non-hydrogen) atoms. The van der Waals surface area contributed by atoms with Crippen LogP contribution in [0.25, 0.3) is 0 Å². The van der Waals surface area contributed by atoms with E-state index in [9.17, 15) is 15.3 Å². The molecule has 0 heterocycles. The lowest BCUT2D eigenvalue weighted by Gasteiger charge is -2.42. The Balaban J connectivity index is 2.76. The van der Waals surface area contributed by atoms with Gasteiger partial charge in [-0.05, 0) is 17.8 Å². The van der Waals surface area contributed by atoms with Gasteiger partial charge < -0.3 is 15.3 Å². The number of rotatable bonds is 0. The highest BCUT2D eigenvalue weighted by Crippen LogP contribution is 2.34. The molecule has 0 aromatic heterocycles. The van der Waals surface area contributed by atoms with Gasteiger partial charge in [0.15, 0.2) is 0 Å². The fourth-order valence-electron chi connectivity index (χ4n) is 1.92. The van der Waals surface area contributed by atoms with Crippen molar-refractivity contribution in [2.75, 3.05) is 0 Å². The molecule has 1 saturated carbocycles. The lowest BCUT2D eigenvalue weighted by molar-refractivity contribution is -0.148. The van der Waals surface area contributed by atoms with E-state index in [1.54, 1.807) is 0 Å². The minimum absolute atomic E-state index is 0.0541. The fraction of sp³-hybridized carbons (Fsp3) is 1.00. The molecule has 1 fully saturated rings. The third-order valence-corrected chi connectivity index (χ3v) is 3.44. The van der Waals surface area contributed by atoms with Crippen molar-refractivity contribution in [3.63, 3.8) is 0 Å². The molecule has 1 rings (SSSR count). The van der Waals surface area contributed by atoms with Crippen LogP contribution in [0.4, 0.5) is 0 Å². The maximum absolute atomic E-state index is 9.49. The van der Waals surface area contributed by atoms with E-state index < -0.39 is 18.3 Å². The molecule has 0 aromatic rings. The molecule has 0 amide bonds. The van der Waals surface area contributed by atoms with Gasteiger partial charge in [0.05, 0.1) is 12.2 Å². The third-order valence-electron chi connectivity index (χ3n) is 3.44. The number of hydrogen-bond acceptors (Lipinski definition) is 3. The summed E-state index contributed by atoms with van der Waals surface area (Å²) in [6.07, 6.45) is -2.55. The van der Waals surface area contributed by atoms with Crippen LogP contribution in [0.15, 0.2) is 0 Å². The highest BCUT2D eigenvalue weighted by atomic mass is 16.4. The number of hydrogen-bond donors (Lipinski definition) is 3. The Morgan fingerprint density at radius 1 is 0.583 bits per heavy atom. The van der Waals surface area contributed by atoms with E-state index in [-0.39, 0.29) is 17.8 Å². The van der Waals surface area contributed by atoms with Crippen LogP contribution in [0, 0.1) is 17.8 Å². The van der Waals surface area contributed by atoms with Crippen molar-refractivity contribution in [2.45, 2.75) is 39.1 Å². The zero-order valence-corrected chi connectivity index (χ0v) is 7.81. The van der Waals surface area contributed by atoms with Gasteiger partial charge in [0.1, 0.15) is 6.10 Å². The van der Waals surface area contributed by atoms with Gasteiger partial charge in [-0.1, -0.05) is 20.8 Å². The average molecular weight is 174 g/mol. The molecular formula is C9H18O3. The molecule has 3 nitrogen and oxygen atoms in total. The largest absolute Gasteiger partial charge is 0.390 e. The molecule has 4 atom stereocenters. The van der Waals surface area contributed by atoms with Crippen LogP contribution < -0.4 is 0 Å². The van der Waals surface area contributed by atoms with Gasteiger partial charge in [-0.15, -0.1) is 0 Å². The third kappa shape index (κ3) is 1.37. The molecule has 0 aliphatic heterocycles. The monoisotopic (exact) mass is 174 g/mol. The Labute approximate surface area is 73.0 Å². The van der Waals surface area contributed by atoms with E-state index >= 15 is 0 Å². The Bertz CT molecular complexity index is 101. The molecule has 1 aliphatic carbocycles. The van der Waals surface area contributed by atoms with Crippen molar-refractivity contribution in [2.24, 2.45) is 17.8 Å². The van der Waals surface area contributed by atoms with Crippen LogP contribution in [-0.2, 0) is 0 Å². The first kappa shape index (κ1) is 9.96. The summed E-state index contributed by atoms with van der Waals surface area (Å²) in [5.41, 5.74) is 0. The maximum Gasteiger partial charge on any atom is 0.106 e. The summed E-state index contributed by atoms with van der Waals surface area (Å²) in [4.78, 5) is 0. The maximum atomic E-state index is 9.49. The number of aliphatic hydroxyl groups is 3. The van der Waals surface area contributed by atoms with Crippen molar-refractivity contribution in [3.8, 4) is 0 Å². The first-order valence-electron chi connectivity index (χ1n) is 4.51. The van der Waals surface area contributed by atoms with Crippen molar-refractivity contribution < 1.29 is 15.3 Å². The number of aliphatic hydroxyl groups excluding tert-OH is 3. The van der Waals surface area contributed by atoms with Crippen molar-refractivity contribution >= 4 is 0 Å². The zero-order valence-electron chi connectivity index (χ0n) is 7.81. The Kier molecular flexibility index (Phi) is 2.76. The van der Waals surface area contributed by atoms with Crippen LogP contribution in [0.2, 0.25) is 0 Å². The normalized spacial score (nSPS) is 55.5. The van der Waals surface area contributed by atoms with E-state index in [0.29, 0.717) is 0 Å². The zero-order chi connectivity index (χ0) is 9.46. The van der Waals surface area contributed by atoms with Crippen molar-refractivity contribution in [1.82, 2.24) is 0 Å². The second kappa shape index (κ2) is 3.32. The highest BCUT2D eigenvalue weighted by molar-refractivity contribution is 4.92. The molecule has 0 radical (unpaired) electrons. The quantitative estimate of drug-likeness (QED) is 0.484. The smallest absolute Gasteiger partial charge is 0.106 e. The summed E-state index contributed by atoms with van der Waals surface area (Å²) >= 11 is 0. The van der Waals surface area contributed by atoms with Gasteiger partial charge in [-0.2, -0.15) is 0 Å². The van der Waals surface area contributed by atoms with Gasteiger partial charge in [0, 0.05) is 0 Å². The second-order valence-corrected chi connectivity index (χ2v) is 4.05. The van der Waals surface area contributed by atoms with Crippen LogP contribution in [0.5, 0.6) is 0 Å². The summed E-state index contributed by atoms with van der Waals surface area (Å²) in [6.45, 7) is 5.80. The van der Waals surface area contributed by atoms with Gasteiger partial charge in [-0.25, -0.2) is 0 Å². The van der Waals surface area contributed by atoms with Gasteiger partial charge in [0.25, 0.3) is 0 Å². The lowest BCUT2D eigenvalue weighted by Crippen LogP contribution is -2.53. The van der Waals surface area contributed by atoms with Crippen LogP contribution in [-0.4, -0.2) is 33.6 Å². The highest BCUT2D eigenvalue weighted by Gasteiger charge is 2.42. The molecule has 0 saturated heterocycles. The van der Waals surface area contributed by atoms with Gasteiger partial charge >= 0.3 is 0 Å². The molecule has 4 unspecified atom stereocenters. The summed E-state index contributed by atoms with van der Waals surface area (Å²) in [5, 5.41) is 28.4. The molecule has 0 spiro atoms. The molecule has 72 valence electrons. The van der Waals surface area contributed by atoms with E-state index in [4.69, 9.17) is 0 Å². The first-order valence-corrected chi connectivity index (χ1v) is 4.51. The first-order chi connectivity index (χ1) is 5.46. The predicted octanol–water partition coefficient (Wildman–Crippen LogP) is -0.00900. The van der Waals surface area contributed by atoms with E-state index in [0.717, 1.165) is 0 Å². The second-order valence-electron chi connectivity index (χ2n) is 4.05. The average Bonchev–Trinajstić information content (AvgIpc) is 2.08. The summed E-state index contributed by atoms with van der Waals surface area (Å²) < 4.78 is 0. The molecule has 0 bridgehead atoms. The molecule has 3 N–H and O–H groups in total. The van der Waals surface area contributed by atoms with Crippen molar-refractivity contribution in [3.05, 3.63) is 0 Å². The van der Waals surface area contributed by atoms with E-state index in [1.165, 1.54) is 0 Å². The van der Waals surface area contributed by atoms with Gasteiger partial charge in [-0.3, -0.25) is 0 Å².